The van der Waals surface area contributed by atoms with Gasteiger partial charge in [-0.25, -0.2) is 4.90 Å². The largest absolute Gasteiger partial charge is 0.372 e. The third-order valence-electron chi connectivity index (χ3n) is 4.21. The quantitative estimate of drug-likeness (QED) is 0.857. The fraction of sp³-hybridized carbons (Fsp3) is 0.263. The van der Waals surface area contributed by atoms with Crippen molar-refractivity contribution in [3.05, 3.63) is 58.1 Å². The number of benzene rings is 2. The van der Waals surface area contributed by atoms with Crippen LogP contribution in [0.5, 0.6) is 0 Å². The lowest BCUT2D eigenvalue weighted by molar-refractivity contribution is -0.121. The SMILES string of the molecule is Cc1cc(C)c(N2C(=O)CC(Nc3ccccc3Cl)C2=O)c(C)c1. The fourth-order valence-electron chi connectivity index (χ4n) is 3.27. The molecule has 0 spiro atoms. The zero-order valence-electron chi connectivity index (χ0n) is 13.9. The second kappa shape index (κ2) is 6.29. The highest BCUT2D eigenvalue weighted by atomic mass is 35.5. The summed E-state index contributed by atoms with van der Waals surface area (Å²) >= 11 is 6.14. The first-order chi connectivity index (χ1) is 11.4. The van der Waals surface area contributed by atoms with Gasteiger partial charge in [-0.3, -0.25) is 9.59 Å². The number of para-hydroxylation sites is 1. The number of carbonyl (C=O) groups is 2. The zero-order valence-corrected chi connectivity index (χ0v) is 14.6. The van der Waals surface area contributed by atoms with E-state index in [4.69, 9.17) is 11.6 Å². The molecule has 1 fully saturated rings. The number of hydrogen-bond acceptors (Lipinski definition) is 3. The maximum absolute atomic E-state index is 12.8. The Labute approximate surface area is 146 Å². The van der Waals surface area contributed by atoms with Gasteiger partial charge in [-0.2, -0.15) is 0 Å². The normalized spacial score (nSPS) is 17.5. The molecule has 1 aliphatic rings. The predicted octanol–water partition coefficient (Wildman–Crippen LogP) is 4.01. The molecule has 1 N–H and O–H groups in total. The molecule has 0 bridgehead atoms. The fourth-order valence-corrected chi connectivity index (χ4v) is 3.46. The molecule has 0 aliphatic carbocycles. The summed E-state index contributed by atoms with van der Waals surface area (Å²) < 4.78 is 0. The number of hydrogen-bond donors (Lipinski definition) is 1. The van der Waals surface area contributed by atoms with Gasteiger partial charge in [-0.05, 0) is 44.0 Å². The Morgan fingerprint density at radius 3 is 2.33 bits per heavy atom. The van der Waals surface area contributed by atoms with E-state index in [2.05, 4.69) is 5.32 Å². The average Bonchev–Trinajstić information content (AvgIpc) is 2.76. The first kappa shape index (κ1) is 16.5. The summed E-state index contributed by atoms with van der Waals surface area (Å²) in [7, 11) is 0. The molecular weight excluding hydrogens is 324 g/mol. The van der Waals surface area contributed by atoms with Crippen molar-refractivity contribution >= 4 is 34.8 Å². The van der Waals surface area contributed by atoms with E-state index in [1.165, 1.54) is 4.90 Å². The smallest absolute Gasteiger partial charge is 0.256 e. The van der Waals surface area contributed by atoms with Crippen molar-refractivity contribution < 1.29 is 9.59 Å². The molecule has 0 aromatic heterocycles. The van der Waals surface area contributed by atoms with Gasteiger partial charge < -0.3 is 5.32 Å². The molecule has 1 saturated heterocycles. The van der Waals surface area contributed by atoms with Gasteiger partial charge in [0.1, 0.15) is 6.04 Å². The monoisotopic (exact) mass is 342 g/mol. The van der Waals surface area contributed by atoms with Crippen molar-refractivity contribution in [2.75, 3.05) is 10.2 Å². The third-order valence-corrected chi connectivity index (χ3v) is 4.54. The van der Waals surface area contributed by atoms with E-state index in [0.717, 1.165) is 16.7 Å². The Morgan fingerprint density at radius 2 is 1.71 bits per heavy atom. The molecule has 1 atom stereocenters. The highest BCUT2D eigenvalue weighted by Gasteiger charge is 2.40. The highest BCUT2D eigenvalue weighted by Crippen LogP contribution is 2.32. The summed E-state index contributed by atoms with van der Waals surface area (Å²) in [6.45, 7) is 5.84. The van der Waals surface area contributed by atoms with Crippen LogP contribution in [0.3, 0.4) is 0 Å². The molecule has 2 amide bonds. The van der Waals surface area contributed by atoms with Crippen LogP contribution in [0.15, 0.2) is 36.4 Å². The molecule has 2 aromatic rings. The van der Waals surface area contributed by atoms with Crippen LogP contribution in [-0.2, 0) is 9.59 Å². The lowest BCUT2D eigenvalue weighted by atomic mass is 10.0. The first-order valence-electron chi connectivity index (χ1n) is 7.84. The number of nitrogens with zero attached hydrogens (tertiary/aromatic N) is 1. The molecule has 5 heteroatoms. The average molecular weight is 343 g/mol. The number of nitrogens with one attached hydrogen (secondary N) is 1. The van der Waals surface area contributed by atoms with Crippen LogP contribution in [0.1, 0.15) is 23.1 Å². The number of rotatable bonds is 3. The lowest BCUT2D eigenvalue weighted by Gasteiger charge is -2.21. The maximum Gasteiger partial charge on any atom is 0.256 e. The summed E-state index contributed by atoms with van der Waals surface area (Å²) in [6, 6.07) is 10.6. The molecule has 1 unspecified atom stereocenters. The molecule has 4 nitrogen and oxygen atoms in total. The van der Waals surface area contributed by atoms with Crippen LogP contribution in [0, 0.1) is 20.8 Å². The highest BCUT2D eigenvalue weighted by molar-refractivity contribution is 6.33. The predicted molar refractivity (Wildman–Crippen MR) is 96.6 cm³/mol. The van der Waals surface area contributed by atoms with E-state index in [1.807, 2.05) is 45.0 Å². The minimum atomic E-state index is -0.600. The zero-order chi connectivity index (χ0) is 17.4. The van der Waals surface area contributed by atoms with Crippen molar-refractivity contribution in [2.24, 2.45) is 0 Å². The Morgan fingerprint density at radius 1 is 1.08 bits per heavy atom. The molecule has 1 heterocycles. The molecule has 0 radical (unpaired) electrons. The van der Waals surface area contributed by atoms with Gasteiger partial charge in [0.2, 0.25) is 5.91 Å². The van der Waals surface area contributed by atoms with E-state index >= 15 is 0 Å². The van der Waals surface area contributed by atoms with Crippen LogP contribution in [0.25, 0.3) is 0 Å². The summed E-state index contributed by atoms with van der Waals surface area (Å²) in [6.07, 6.45) is 0.122. The first-order valence-corrected chi connectivity index (χ1v) is 8.22. The Kier molecular flexibility index (Phi) is 4.33. The number of halogens is 1. The molecule has 24 heavy (non-hydrogen) atoms. The molecule has 0 saturated carbocycles. The van der Waals surface area contributed by atoms with Gasteiger partial charge in [-0.1, -0.05) is 41.4 Å². The van der Waals surface area contributed by atoms with Crippen LogP contribution in [0.4, 0.5) is 11.4 Å². The van der Waals surface area contributed by atoms with Gasteiger partial charge in [0.25, 0.3) is 5.91 Å². The number of amides is 2. The van der Waals surface area contributed by atoms with Crippen molar-refractivity contribution in [3.8, 4) is 0 Å². The second-order valence-corrected chi connectivity index (χ2v) is 6.60. The minimum Gasteiger partial charge on any atom is -0.372 e. The molecule has 2 aromatic carbocycles. The summed E-state index contributed by atoms with van der Waals surface area (Å²) in [4.78, 5) is 26.6. The van der Waals surface area contributed by atoms with Crippen LogP contribution in [0.2, 0.25) is 5.02 Å². The van der Waals surface area contributed by atoms with Crippen molar-refractivity contribution in [1.82, 2.24) is 0 Å². The summed E-state index contributed by atoms with van der Waals surface area (Å²) in [5.74, 6) is -0.436. The van der Waals surface area contributed by atoms with Crippen molar-refractivity contribution in [2.45, 2.75) is 33.2 Å². The van der Waals surface area contributed by atoms with Gasteiger partial charge in [0.15, 0.2) is 0 Å². The summed E-state index contributed by atoms with van der Waals surface area (Å²) in [5.41, 5.74) is 4.31. The maximum atomic E-state index is 12.8. The molecule has 1 aliphatic heterocycles. The number of anilines is 2. The van der Waals surface area contributed by atoms with E-state index < -0.39 is 6.04 Å². The van der Waals surface area contributed by atoms with Crippen molar-refractivity contribution in [1.29, 1.82) is 0 Å². The lowest BCUT2D eigenvalue weighted by Crippen LogP contribution is -2.35. The topological polar surface area (TPSA) is 49.4 Å². The van der Waals surface area contributed by atoms with E-state index in [0.29, 0.717) is 16.4 Å². The van der Waals surface area contributed by atoms with E-state index in [1.54, 1.807) is 12.1 Å². The number of carbonyl (C=O) groups excluding carboxylic acids is 2. The van der Waals surface area contributed by atoms with E-state index in [9.17, 15) is 9.59 Å². The van der Waals surface area contributed by atoms with E-state index in [-0.39, 0.29) is 18.2 Å². The Balaban J connectivity index is 1.92. The Hall–Kier alpha value is -2.33. The van der Waals surface area contributed by atoms with Crippen LogP contribution >= 0.6 is 11.6 Å². The molecule has 3 rings (SSSR count). The Bertz CT molecular complexity index is 809. The van der Waals surface area contributed by atoms with Gasteiger partial charge >= 0.3 is 0 Å². The summed E-state index contributed by atoms with van der Waals surface area (Å²) in [5, 5.41) is 3.62. The number of aryl methyl sites for hydroxylation is 3. The third kappa shape index (κ3) is 2.89. The second-order valence-electron chi connectivity index (χ2n) is 6.20. The number of imide groups is 1. The van der Waals surface area contributed by atoms with Crippen molar-refractivity contribution in [3.63, 3.8) is 0 Å². The van der Waals surface area contributed by atoms with Crippen LogP contribution < -0.4 is 10.2 Å². The molecule has 124 valence electrons. The standard InChI is InChI=1S/C19H19ClN2O2/c1-11-8-12(2)18(13(3)9-11)22-17(23)10-16(19(22)24)21-15-7-5-4-6-14(15)20/h4-9,16,21H,10H2,1-3H3. The van der Waals surface area contributed by atoms with Crippen LogP contribution in [-0.4, -0.2) is 17.9 Å². The van der Waals surface area contributed by atoms with Gasteiger partial charge in [0, 0.05) is 0 Å². The van der Waals surface area contributed by atoms with Gasteiger partial charge in [0.05, 0.1) is 22.8 Å². The van der Waals surface area contributed by atoms with Gasteiger partial charge in [-0.15, -0.1) is 0 Å². The minimum absolute atomic E-state index is 0.122. The molecular formula is C19H19ClN2O2.